The number of hydrogen-bond acceptors (Lipinski definition) is 3. The molecular weight excluding hydrogens is 287 g/mol. The number of likely N-dealkylation sites (tertiary alicyclic amines) is 1. The first-order valence-electron chi connectivity index (χ1n) is 7.74. The van der Waals surface area contributed by atoms with Gasteiger partial charge in [-0.2, -0.15) is 5.10 Å². The number of nitrogens with zero attached hydrogens (tertiary/aromatic N) is 2. The van der Waals surface area contributed by atoms with Crippen molar-refractivity contribution in [1.29, 1.82) is 0 Å². The van der Waals surface area contributed by atoms with Crippen LogP contribution in [-0.2, 0) is 4.79 Å². The Morgan fingerprint density at radius 3 is 2.82 bits per heavy atom. The van der Waals surface area contributed by atoms with Crippen molar-refractivity contribution in [3.05, 3.63) is 17.5 Å². The molecule has 1 saturated heterocycles. The molecule has 2 N–H and O–H groups in total. The van der Waals surface area contributed by atoms with E-state index in [1.54, 1.807) is 11.0 Å². The van der Waals surface area contributed by atoms with Crippen LogP contribution in [0, 0.1) is 5.92 Å². The van der Waals surface area contributed by atoms with Gasteiger partial charge in [-0.15, -0.1) is 0 Å². The van der Waals surface area contributed by atoms with Gasteiger partial charge in [0.15, 0.2) is 0 Å². The monoisotopic (exact) mass is 308 g/mol. The average molecular weight is 308 g/mol. The van der Waals surface area contributed by atoms with E-state index in [1.165, 1.54) is 0 Å². The molecule has 1 aromatic rings. The van der Waals surface area contributed by atoms with E-state index in [0.29, 0.717) is 31.6 Å². The van der Waals surface area contributed by atoms with Crippen LogP contribution in [0.1, 0.15) is 48.8 Å². The third-order valence-corrected chi connectivity index (χ3v) is 4.31. The Balaban J connectivity index is 1.55. The Labute approximate surface area is 128 Å². The molecule has 0 radical (unpaired) electrons. The van der Waals surface area contributed by atoms with Gasteiger partial charge in [0.05, 0.1) is 5.92 Å². The SMILES string of the molecule is CC(C)c1cc(C(=O)N2CC[C@@H](NC(=O)[C@H]3C[C@H]3F)C2)n[nH]1. The van der Waals surface area contributed by atoms with Gasteiger partial charge in [-0.05, 0) is 24.8 Å². The molecule has 0 unspecified atom stereocenters. The fourth-order valence-electron chi connectivity index (χ4n) is 2.71. The van der Waals surface area contributed by atoms with Crippen molar-refractivity contribution in [2.45, 2.75) is 44.8 Å². The van der Waals surface area contributed by atoms with Crippen molar-refractivity contribution in [3.63, 3.8) is 0 Å². The van der Waals surface area contributed by atoms with Crippen LogP contribution in [0.2, 0.25) is 0 Å². The lowest BCUT2D eigenvalue weighted by Gasteiger charge is -2.15. The van der Waals surface area contributed by atoms with Crippen molar-refractivity contribution >= 4 is 11.8 Å². The lowest BCUT2D eigenvalue weighted by Crippen LogP contribution is -2.39. The van der Waals surface area contributed by atoms with E-state index in [4.69, 9.17) is 0 Å². The molecule has 2 heterocycles. The molecule has 22 heavy (non-hydrogen) atoms. The van der Waals surface area contributed by atoms with Crippen LogP contribution in [0.25, 0.3) is 0 Å². The second-order valence-electron chi connectivity index (χ2n) is 6.47. The lowest BCUT2D eigenvalue weighted by molar-refractivity contribution is -0.123. The molecule has 3 rings (SSSR count). The maximum Gasteiger partial charge on any atom is 0.274 e. The molecule has 1 aromatic heterocycles. The number of alkyl halides is 1. The molecule has 2 aliphatic rings. The molecule has 2 amide bonds. The van der Waals surface area contributed by atoms with E-state index in [0.717, 1.165) is 5.69 Å². The highest BCUT2D eigenvalue weighted by Gasteiger charge is 2.44. The summed E-state index contributed by atoms with van der Waals surface area (Å²) in [5.41, 5.74) is 1.33. The maximum atomic E-state index is 12.9. The molecule has 1 aliphatic heterocycles. The van der Waals surface area contributed by atoms with Crippen LogP contribution < -0.4 is 5.32 Å². The van der Waals surface area contributed by atoms with Crippen LogP contribution in [0.5, 0.6) is 0 Å². The first kappa shape index (κ1) is 15.0. The Morgan fingerprint density at radius 1 is 1.50 bits per heavy atom. The molecule has 7 heteroatoms. The van der Waals surface area contributed by atoms with E-state index < -0.39 is 12.1 Å². The molecular formula is C15H21FN4O2. The molecule has 2 fully saturated rings. The predicted molar refractivity (Wildman–Crippen MR) is 78.1 cm³/mol. The van der Waals surface area contributed by atoms with Gasteiger partial charge in [0.1, 0.15) is 11.9 Å². The van der Waals surface area contributed by atoms with E-state index >= 15 is 0 Å². The average Bonchev–Trinajstić information content (AvgIpc) is 2.93. The Kier molecular flexibility index (Phi) is 3.88. The van der Waals surface area contributed by atoms with E-state index in [2.05, 4.69) is 15.5 Å². The third-order valence-electron chi connectivity index (χ3n) is 4.31. The molecule has 1 saturated carbocycles. The van der Waals surface area contributed by atoms with E-state index in [9.17, 15) is 14.0 Å². The number of halogens is 1. The summed E-state index contributed by atoms with van der Waals surface area (Å²) in [6.45, 7) is 5.09. The van der Waals surface area contributed by atoms with Crippen molar-refractivity contribution < 1.29 is 14.0 Å². The zero-order chi connectivity index (χ0) is 15.9. The highest BCUT2D eigenvalue weighted by Crippen LogP contribution is 2.34. The topological polar surface area (TPSA) is 78.1 Å². The Bertz CT molecular complexity index is 586. The number of rotatable bonds is 4. The van der Waals surface area contributed by atoms with Crippen LogP contribution in [0.4, 0.5) is 4.39 Å². The summed E-state index contributed by atoms with van der Waals surface area (Å²) in [6.07, 6.45) is 0.0346. The minimum absolute atomic E-state index is 0.0900. The summed E-state index contributed by atoms with van der Waals surface area (Å²) in [5.74, 6) is -0.556. The lowest BCUT2D eigenvalue weighted by atomic mass is 10.1. The minimum atomic E-state index is -0.988. The van der Waals surface area contributed by atoms with Gasteiger partial charge >= 0.3 is 0 Å². The first-order chi connectivity index (χ1) is 10.5. The largest absolute Gasteiger partial charge is 0.351 e. The summed E-state index contributed by atoms with van der Waals surface area (Å²) >= 11 is 0. The number of amides is 2. The van der Waals surface area contributed by atoms with Crippen LogP contribution in [0.3, 0.4) is 0 Å². The van der Waals surface area contributed by atoms with Crippen molar-refractivity contribution in [1.82, 2.24) is 20.4 Å². The summed E-state index contributed by atoms with van der Waals surface area (Å²) in [4.78, 5) is 25.8. The third kappa shape index (κ3) is 2.98. The number of H-pyrrole nitrogens is 1. The number of aromatic amines is 1. The number of carbonyl (C=O) groups excluding carboxylic acids is 2. The van der Waals surface area contributed by atoms with E-state index in [-0.39, 0.29) is 23.8 Å². The molecule has 0 bridgehead atoms. The number of hydrogen-bond donors (Lipinski definition) is 2. The Hall–Kier alpha value is -1.92. The fourth-order valence-corrected chi connectivity index (χ4v) is 2.71. The van der Waals surface area contributed by atoms with Crippen molar-refractivity contribution in [2.24, 2.45) is 5.92 Å². The molecule has 3 atom stereocenters. The normalized spacial score (nSPS) is 27.3. The van der Waals surface area contributed by atoms with E-state index in [1.807, 2.05) is 13.8 Å². The van der Waals surface area contributed by atoms with Crippen molar-refractivity contribution in [3.8, 4) is 0 Å². The Morgan fingerprint density at radius 2 is 2.23 bits per heavy atom. The molecule has 0 aromatic carbocycles. The highest BCUT2D eigenvalue weighted by atomic mass is 19.1. The standard InChI is InChI=1S/C15H21FN4O2/c1-8(2)12-6-13(19-18-12)15(22)20-4-3-9(7-20)17-14(21)10-5-11(10)16/h6,8-11H,3-5,7H2,1-2H3,(H,17,21)(H,18,19)/t9-,10+,11-/m1/s1. The molecule has 1 aliphatic carbocycles. The van der Waals surface area contributed by atoms with Crippen LogP contribution in [-0.4, -0.2) is 52.2 Å². The maximum absolute atomic E-state index is 12.9. The first-order valence-corrected chi connectivity index (χ1v) is 7.74. The van der Waals surface area contributed by atoms with Gasteiger partial charge in [-0.3, -0.25) is 14.7 Å². The van der Waals surface area contributed by atoms with Gasteiger partial charge < -0.3 is 10.2 Å². The van der Waals surface area contributed by atoms with Gasteiger partial charge in [-0.1, -0.05) is 13.8 Å². The molecule has 6 nitrogen and oxygen atoms in total. The smallest absolute Gasteiger partial charge is 0.274 e. The quantitative estimate of drug-likeness (QED) is 0.878. The zero-order valence-corrected chi connectivity index (χ0v) is 12.8. The zero-order valence-electron chi connectivity index (χ0n) is 12.8. The fraction of sp³-hybridized carbons (Fsp3) is 0.667. The summed E-state index contributed by atoms with van der Waals surface area (Å²) in [7, 11) is 0. The number of carbonyl (C=O) groups is 2. The van der Waals surface area contributed by atoms with Crippen LogP contribution in [0.15, 0.2) is 6.07 Å². The van der Waals surface area contributed by atoms with Gasteiger partial charge in [0.25, 0.3) is 5.91 Å². The summed E-state index contributed by atoms with van der Waals surface area (Å²) in [6, 6.07) is 1.68. The van der Waals surface area contributed by atoms with Crippen LogP contribution >= 0.6 is 0 Å². The van der Waals surface area contributed by atoms with Gasteiger partial charge in [0.2, 0.25) is 5.91 Å². The second kappa shape index (κ2) is 5.70. The highest BCUT2D eigenvalue weighted by molar-refractivity contribution is 5.92. The minimum Gasteiger partial charge on any atom is -0.351 e. The number of nitrogens with one attached hydrogen (secondary N) is 2. The number of aromatic nitrogens is 2. The summed E-state index contributed by atoms with van der Waals surface area (Å²) in [5, 5.41) is 9.77. The van der Waals surface area contributed by atoms with Gasteiger partial charge in [-0.25, -0.2) is 4.39 Å². The van der Waals surface area contributed by atoms with Crippen molar-refractivity contribution in [2.75, 3.05) is 13.1 Å². The molecule has 120 valence electrons. The second-order valence-corrected chi connectivity index (χ2v) is 6.47. The summed E-state index contributed by atoms with van der Waals surface area (Å²) < 4.78 is 12.9. The van der Waals surface area contributed by atoms with Gasteiger partial charge in [0, 0.05) is 24.8 Å². The molecule has 0 spiro atoms. The predicted octanol–water partition coefficient (Wildman–Crippen LogP) is 1.22.